The molecule has 0 spiro atoms. The molecule has 1 rings (SSSR count). The highest BCUT2D eigenvalue weighted by Gasteiger charge is 2.33. The summed E-state index contributed by atoms with van der Waals surface area (Å²) in [6, 6.07) is 4.47. The van der Waals surface area contributed by atoms with Crippen LogP contribution in [0.2, 0.25) is 5.02 Å². The van der Waals surface area contributed by atoms with E-state index in [2.05, 4.69) is 0 Å². The lowest BCUT2D eigenvalue weighted by Crippen LogP contribution is -2.11. The van der Waals surface area contributed by atoms with Crippen molar-refractivity contribution in [2.24, 2.45) is 5.73 Å². The molecule has 0 aliphatic rings. The standard InChI is InChI=1S/C10H8ClF3N2.ClH/c11-8-5-6(9(16)3-4-15)1-2-7(8)10(12,13)14;/h1-2,5,9H,3,16H2;1H/t9-;/m1./s1. The van der Waals surface area contributed by atoms with Crippen LogP contribution in [0.15, 0.2) is 18.2 Å². The first-order valence-corrected chi connectivity index (χ1v) is 4.73. The molecule has 0 amide bonds. The van der Waals surface area contributed by atoms with E-state index in [-0.39, 0.29) is 18.8 Å². The first kappa shape index (κ1) is 16.0. The Labute approximate surface area is 108 Å². The van der Waals surface area contributed by atoms with E-state index < -0.39 is 22.8 Å². The molecule has 0 radical (unpaired) electrons. The predicted molar refractivity (Wildman–Crippen MR) is 60.9 cm³/mol. The summed E-state index contributed by atoms with van der Waals surface area (Å²) >= 11 is 5.50. The van der Waals surface area contributed by atoms with Crippen LogP contribution in [0.1, 0.15) is 23.6 Å². The number of rotatable bonds is 2. The van der Waals surface area contributed by atoms with E-state index in [0.29, 0.717) is 5.56 Å². The molecule has 0 saturated heterocycles. The zero-order valence-corrected chi connectivity index (χ0v) is 10.0. The Morgan fingerprint density at radius 2 is 2.00 bits per heavy atom. The van der Waals surface area contributed by atoms with Gasteiger partial charge in [-0.05, 0) is 17.7 Å². The van der Waals surface area contributed by atoms with Crippen molar-refractivity contribution in [1.29, 1.82) is 5.26 Å². The highest BCUT2D eigenvalue weighted by atomic mass is 35.5. The summed E-state index contributed by atoms with van der Waals surface area (Å²) in [5.74, 6) is 0. The monoisotopic (exact) mass is 284 g/mol. The normalized spacial score (nSPS) is 12.5. The van der Waals surface area contributed by atoms with Gasteiger partial charge in [-0.25, -0.2) is 0 Å². The SMILES string of the molecule is Cl.N#CC[C@@H](N)c1ccc(C(F)(F)F)c(Cl)c1. The first-order chi connectivity index (χ1) is 7.36. The van der Waals surface area contributed by atoms with Crippen LogP contribution >= 0.6 is 24.0 Å². The molecule has 1 atom stereocenters. The van der Waals surface area contributed by atoms with Crippen molar-refractivity contribution in [2.75, 3.05) is 0 Å². The van der Waals surface area contributed by atoms with E-state index in [1.807, 2.05) is 6.07 Å². The van der Waals surface area contributed by atoms with Crippen molar-refractivity contribution in [1.82, 2.24) is 0 Å². The molecule has 94 valence electrons. The molecule has 17 heavy (non-hydrogen) atoms. The average Bonchev–Trinajstić information content (AvgIpc) is 2.16. The molecule has 0 aliphatic carbocycles. The minimum atomic E-state index is -4.48. The number of nitrogens with two attached hydrogens (primary N) is 1. The van der Waals surface area contributed by atoms with Crippen molar-refractivity contribution in [3.8, 4) is 6.07 Å². The number of alkyl halides is 3. The smallest absolute Gasteiger partial charge is 0.323 e. The number of nitriles is 1. The van der Waals surface area contributed by atoms with Gasteiger partial charge in [-0.1, -0.05) is 17.7 Å². The number of halogens is 5. The minimum absolute atomic E-state index is 0. The van der Waals surface area contributed by atoms with Crippen molar-refractivity contribution < 1.29 is 13.2 Å². The summed E-state index contributed by atoms with van der Waals surface area (Å²) in [5.41, 5.74) is 5.09. The van der Waals surface area contributed by atoms with E-state index in [1.54, 1.807) is 0 Å². The van der Waals surface area contributed by atoms with E-state index in [4.69, 9.17) is 22.6 Å². The topological polar surface area (TPSA) is 49.8 Å². The maximum absolute atomic E-state index is 12.4. The van der Waals surface area contributed by atoms with Crippen LogP contribution in [-0.2, 0) is 6.18 Å². The van der Waals surface area contributed by atoms with Crippen LogP contribution < -0.4 is 5.73 Å². The van der Waals surface area contributed by atoms with Gasteiger partial charge in [-0.3, -0.25) is 0 Å². The lowest BCUT2D eigenvalue weighted by atomic mass is 10.0. The third-order valence-corrected chi connectivity index (χ3v) is 2.35. The summed E-state index contributed by atoms with van der Waals surface area (Å²) in [6.07, 6.45) is -4.45. The van der Waals surface area contributed by atoms with Crippen LogP contribution in [0.4, 0.5) is 13.2 Å². The third-order valence-electron chi connectivity index (χ3n) is 2.04. The van der Waals surface area contributed by atoms with Gasteiger partial charge in [0.1, 0.15) is 0 Å². The second kappa shape index (κ2) is 6.10. The van der Waals surface area contributed by atoms with Crippen LogP contribution in [0, 0.1) is 11.3 Å². The maximum atomic E-state index is 12.4. The molecule has 0 unspecified atom stereocenters. The molecule has 0 bridgehead atoms. The first-order valence-electron chi connectivity index (χ1n) is 4.35. The van der Waals surface area contributed by atoms with Gasteiger partial charge in [0.15, 0.2) is 0 Å². The molecule has 2 nitrogen and oxygen atoms in total. The number of hydrogen-bond donors (Lipinski definition) is 1. The highest BCUT2D eigenvalue weighted by Crippen LogP contribution is 2.35. The summed E-state index contributed by atoms with van der Waals surface area (Å²) in [6.45, 7) is 0. The van der Waals surface area contributed by atoms with Gasteiger partial charge in [-0.2, -0.15) is 18.4 Å². The van der Waals surface area contributed by atoms with Gasteiger partial charge in [0.2, 0.25) is 0 Å². The van der Waals surface area contributed by atoms with Gasteiger partial charge >= 0.3 is 6.18 Å². The Bertz CT molecular complexity index is 427. The Kier molecular flexibility index (Phi) is 5.76. The molecule has 0 aliphatic heterocycles. The van der Waals surface area contributed by atoms with Gasteiger partial charge < -0.3 is 5.73 Å². The van der Waals surface area contributed by atoms with Crippen molar-refractivity contribution >= 4 is 24.0 Å². The fraction of sp³-hybridized carbons (Fsp3) is 0.300. The molecule has 0 aromatic heterocycles. The molecule has 0 fully saturated rings. The third kappa shape index (κ3) is 4.08. The molecule has 1 aromatic carbocycles. The second-order valence-electron chi connectivity index (χ2n) is 3.21. The molecule has 0 heterocycles. The van der Waals surface area contributed by atoms with Crippen molar-refractivity contribution in [2.45, 2.75) is 18.6 Å². The van der Waals surface area contributed by atoms with Gasteiger partial charge in [0.25, 0.3) is 0 Å². The summed E-state index contributed by atoms with van der Waals surface area (Å²) < 4.78 is 37.1. The van der Waals surface area contributed by atoms with Crippen LogP contribution in [0.5, 0.6) is 0 Å². The van der Waals surface area contributed by atoms with Crippen LogP contribution in [0.3, 0.4) is 0 Å². The fourth-order valence-corrected chi connectivity index (χ4v) is 1.50. The molecule has 1 aromatic rings. The molecule has 0 saturated carbocycles. The fourth-order valence-electron chi connectivity index (χ4n) is 1.21. The molecule has 7 heteroatoms. The maximum Gasteiger partial charge on any atom is 0.417 e. The Balaban J connectivity index is 0.00000256. The lowest BCUT2D eigenvalue weighted by Gasteiger charge is -2.12. The summed E-state index contributed by atoms with van der Waals surface area (Å²) in [5, 5.41) is 8.00. The Hall–Kier alpha value is -0.960. The van der Waals surface area contributed by atoms with E-state index >= 15 is 0 Å². The predicted octanol–water partition coefficient (Wildman–Crippen LogP) is 3.69. The van der Waals surface area contributed by atoms with Crippen molar-refractivity contribution in [3.05, 3.63) is 34.3 Å². The van der Waals surface area contributed by atoms with Gasteiger partial charge in [0.05, 0.1) is 23.1 Å². The summed E-state index contributed by atoms with van der Waals surface area (Å²) in [4.78, 5) is 0. The Morgan fingerprint density at radius 1 is 1.41 bits per heavy atom. The molecular formula is C10H9Cl2F3N2. The number of benzene rings is 1. The quantitative estimate of drug-likeness (QED) is 0.900. The van der Waals surface area contributed by atoms with E-state index in [1.165, 1.54) is 6.07 Å². The molecular weight excluding hydrogens is 276 g/mol. The Morgan fingerprint density at radius 3 is 2.41 bits per heavy atom. The lowest BCUT2D eigenvalue weighted by molar-refractivity contribution is -0.137. The number of hydrogen-bond acceptors (Lipinski definition) is 2. The molecule has 2 N–H and O–H groups in total. The van der Waals surface area contributed by atoms with Crippen LogP contribution in [0.25, 0.3) is 0 Å². The zero-order chi connectivity index (χ0) is 12.3. The van der Waals surface area contributed by atoms with Crippen LogP contribution in [-0.4, -0.2) is 0 Å². The second-order valence-corrected chi connectivity index (χ2v) is 3.61. The van der Waals surface area contributed by atoms with Gasteiger partial charge in [0, 0.05) is 6.04 Å². The zero-order valence-electron chi connectivity index (χ0n) is 8.46. The van der Waals surface area contributed by atoms with E-state index in [9.17, 15) is 13.2 Å². The largest absolute Gasteiger partial charge is 0.417 e. The highest BCUT2D eigenvalue weighted by molar-refractivity contribution is 6.31. The van der Waals surface area contributed by atoms with Crippen molar-refractivity contribution in [3.63, 3.8) is 0 Å². The summed E-state index contributed by atoms with van der Waals surface area (Å²) in [7, 11) is 0. The van der Waals surface area contributed by atoms with E-state index in [0.717, 1.165) is 12.1 Å². The average molecular weight is 285 g/mol. The van der Waals surface area contributed by atoms with Gasteiger partial charge in [-0.15, -0.1) is 12.4 Å². The minimum Gasteiger partial charge on any atom is -0.323 e. The number of nitrogens with zero attached hydrogens (tertiary/aromatic N) is 1.